The van der Waals surface area contributed by atoms with Crippen LogP contribution in [0.4, 0.5) is 0 Å². The van der Waals surface area contributed by atoms with E-state index >= 15 is 0 Å². The van der Waals surface area contributed by atoms with Crippen molar-refractivity contribution in [2.24, 2.45) is 5.16 Å². The van der Waals surface area contributed by atoms with Gasteiger partial charge in [0.25, 0.3) is 0 Å². The number of amides is 1. The van der Waals surface area contributed by atoms with Crippen LogP contribution in [0.3, 0.4) is 0 Å². The van der Waals surface area contributed by atoms with Gasteiger partial charge in [-0.2, -0.15) is 0 Å². The molecule has 116 valence electrons. The maximum Gasteiger partial charge on any atom is 0.230 e. The average molecular weight is 311 g/mol. The monoisotopic (exact) mass is 311 g/mol. The zero-order chi connectivity index (χ0) is 14.7. The molecule has 1 amide bonds. The van der Waals surface area contributed by atoms with Crippen molar-refractivity contribution in [3.8, 4) is 0 Å². The molecule has 7 heteroatoms. The highest BCUT2D eigenvalue weighted by molar-refractivity contribution is 8.00. The minimum atomic E-state index is 0.193. The highest BCUT2D eigenvalue weighted by Crippen LogP contribution is 2.39. The zero-order valence-electron chi connectivity index (χ0n) is 12.2. The maximum absolute atomic E-state index is 11.4. The summed E-state index contributed by atoms with van der Waals surface area (Å²) in [5.41, 5.74) is 1.04. The number of β-lactam (4-membered cyclic amide) rings is 1. The molecule has 0 unspecified atom stereocenters. The number of carbonyl (C=O) groups excluding carboxylic acids is 1. The van der Waals surface area contributed by atoms with Crippen LogP contribution in [0, 0.1) is 0 Å². The lowest BCUT2D eigenvalue weighted by molar-refractivity contribution is -0.137. The third-order valence-corrected chi connectivity index (χ3v) is 5.33. The quantitative estimate of drug-likeness (QED) is 0.327. The molecule has 3 rings (SSSR count). The summed E-state index contributed by atoms with van der Waals surface area (Å²) in [5.74, 6) is 0.193. The first-order chi connectivity index (χ1) is 10.2. The number of ether oxygens (including phenoxy) is 1. The Hall–Kier alpha value is -1.05. The molecule has 3 aliphatic heterocycles. The number of hydrogen-bond donors (Lipinski definition) is 0. The molecule has 0 N–H and O–H groups in total. The van der Waals surface area contributed by atoms with Gasteiger partial charge in [-0.3, -0.25) is 9.69 Å². The van der Waals surface area contributed by atoms with Gasteiger partial charge < -0.3 is 14.5 Å². The number of fused-ring (bicyclic) bond motifs is 1. The fourth-order valence-electron chi connectivity index (χ4n) is 2.53. The van der Waals surface area contributed by atoms with Gasteiger partial charge in [-0.15, -0.1) is 11.8 Å². The summed E-state index contributed by atoms with van der Waals surface area (Å²) in [6.07, 6.45) is 4.30. The largest absolute Gasteiger partial charge is 0.394 e. The molecule has 0 aliphatic carbocycles. The van der Waals surface area contributed by atoms with Gasteiger partial charge >= 0.3 is 0 Å². The average Bonchev–Trinajstić information content (AvgIpc) is 2.49. The summed E-state index contributed by atoms with van der Waals surface area (Å²) in [6.45, 7) is 7.12. The lowest BCUT2D eigenvalue weighted by Crippen LogP contribution is -2.50. The van der Waals surface area contributed by atoms with Crippen LogP contribution in [0.2, 0.25) is 0 Å². The van der Waals surface area contributed by atoms with Crippen molar-refractivity contribution in [2.75, 3.05) is 39.5 Å². The van der Waals surface area contributed by atoms with Crippen LogP contribution in [-0.4, -0.2) is 72.0 Å². The first kappa shape index (κ1) is 14.9. The zero-order valence-corrected chi connectivity index (χ0v) is 13.1. The Morgan fingerprint density at radius 1 is 1.52 bits per heavy atom. The lowest BCUT2D eigenvalue weighted by atomic mass is 10.1. The van der Waals surface area contributed by atoms with Crippen LogP contribution in [-0.2, 0) is 14.4 Å². The van der Waals surface area contributed by atoms with Crippen LogP contribution in [0.15, 0.2) is 16.9 Å². The number of morpholine rings is 1. The van der Waals surface area contributed by atoms with Gasteiger partial charge in [-0.1, -0.05) is 5.16 Å². The molecule has 0 radical (unpaired) electrons. The minimum absolute atomic E-state index is 0.193. The molecule has 0 aromatic heterocycles. The molecule has 2 saturated heterocycles. The van der Waals surface area contributed by atoms with Crippen molar-refractivity contribution in [1.82, 2.24) is 9.80 Å². The summed E-state index contributed by atoms with van der Waals surface area (Å²) in [6, 6.07) is 0. The first-order valence-electron chi connectivity index (χ1n) is 7.38. The molecule has 21 heavy (non-hydrogen) atoms. The summed E-state index contributed by atoms with van der Waals surface area (Å²) in [7, 11) is 0. The second-order valence-electron chi connectivity index (χ2n) is 5.39. The minimum Gasteiger partial charge on any atom is -0.394 e. The predicted molar refractivity (Wildman–Crippen MR) is 82.1 cm³/mol. The highest BCUT2D eigenvalue weighted by atomic mass is 32.2. The van der Waals surface area contributed by atoms with Gasteiger partial charge in [0.15, 0.2) is 0 Å². The molecule has 0 aromatic carbocycles. The van der Waals surface area contributed by atoms with Crippen molar-refractivity contribution in [2.45, 2.75) is 24.0 Å². The topological polar surface area (TPSA) is 54.4 Å². The van der Waals surface area contributed by atoms with E-state index in [1.54, 1.807) is 22.9 Å². The van der Waals surface area contributed by atoms with Crippen LogP contribution in [0.1, 0.15) is 13.3 Å². The summed E-state index contributed by atoms with van der Waals surface area (Å²) < 4.78 is 5.30. The summed E-state index contributed by atoms with van der Waals surface area (Å²) in [5, 5.41) is 4.71. The van der Waals surface area contributed by atoms with E-state index in [4.69, 9.17) is 9.57 Å². The van der Waals surface area contributed by atoms with Gasteiger partial charge in [-0.05, 0) is 6.92 Å². The molecule has 0 spiro atoms. The van der Waals surface area contributed by atoms with Crippen molar-refractivity contribution in [3.63, 3.8) is 0 Å². The standard InChI is InChI=1S/C14H21N3O3S/c1-11-12(10-17-13(18)8-14(17)21-11)9-15-20-7-4-16-2-5-19-6-3-16/h9-11,14H,2-8H2,1H3/t11-,14-/m1/s1. The fraction of sp³-hybridized carbons (Fsp3) is 0.714. The number of hydrogen-bond acceptors (Lipinski definition) is 6. The molecule has 3 heterocycles. The Labute approximate surface area is 129 Å². The Bertz CT molecular complexity index is 449. The smallest absolute Gasteiger partial charge is 0.230 e. The first-order valence-corrected chi connectivity index (χ1v) is 8.32. The van der Waals surface area contributed by atoms with Gasteiger partial charge in [0.1, 0.15) is 6.61 Å². The van der Waals surface area contributed by atoms with Crippen LogP contribution in [0.25, 0.3) is 0 Å². The van der Waals surface area contributed by atoms with E-state index in [0.717, 1.165) is 38.4 Å². The SMILES string of the molecule is C[C@H]1S[C@@H]2CC(=O)N2C=C1C=NOCCN1CCOCC1. The number of rotatable bonds is 5. The maximum atomic E-state index is 11.4. The van der Waals surface area contributed by atoms with Crippen LogP contribution >= 0.6 is 11.8 Å². The number of carbonyl (C=O) groups is 1. The third kappa shape index (κ3) is 3.59. The Kier molecular flexibility index (Phi) is 4.82. The summed E-state index contributed by atoms with van der Waals surface area (Å²) in [4.78, 5) is 20.9. The van der Waals surface area contributed by atoms with E-state index in [9.17, 15) is 4.79 Å². The van der Waals surface area contributed by atoms with Gasteiger partial charge in [0.2, 0.25) is 5.91 Å². The molecular formula is C14H21N3O3S. The molecule has 3 aliphatic rings. The van der Waals surface area contributed by atoms with E-state index in [1.165, 1.54) is 0 Å². The van der Waals surface area contributed by atoms with Gasteiger partial charge in [0.05, 0.1) is 31.2 Å². The van der Waals surface area contributed by atoms with E-state index in [1.807, 2.05) is 6.20 Å². The fourth-order valence-corrected chi connectivity index (χ4v) is 3.83. The number of thioether (sulfide) groups is 1. The lowest BCUT2D eigenvalue weighted by Gasteiger charge is -2.42. The Morgan fingerprint density at radius 3 is 3.10 bits per heavy atom. The number of nitrogens with zero attached hydrogens (tertiary/aromatic N) is 3. The van der Waals surface area contributed by atoms with Crippen molar-refractivity contribution >= 4 is 23.9 Å². The van der Waals surface area contributed by atoms with Gasteiger partial charge in [-0.25, -0.2) is 0 Å². The van der Waals surface area contributed by atoms with Crippen LogP contribution in [0.5, 0.6) is 0 Å². The van der Waals surface area contributed by atoms with Gasteiger partial charge in [0, 0.05) is 36.7 Å². The van der Waals surface area contributed by atoms with E-state index in [0.29, 0.717) is 23.7 Å². The third-order valence-electron chi connectivity index (χ3n) is 3.95. The normalized spacial score (nSPS) is 30.0. The second-order valence-corrected chi connectivity index (χ2v) is 6.91. The molecule has 0 aromatic rings. The van der Waals surface area contributed by atoms with Crippen molar-refractivity contribution in [3.05, 3.63) is 11.8 Å². The molecule has 6 nitrogen and oxygen atoms in total. The molecule has 2 fully saturated rings. The van der Waals surface area contributed by atoms with Crippen LogP contribution < -0.4 is 0 Å². The van der Waals surface area contributed by atoms with Crippen molar-refractivity contribution < 1.29 is 14.4 Å². The molecule has 0 saturated carbocycles. The summed E-state index contributed by atoms with van der Waals surface area (Å²) >= 11 is 1.80. The predicted octanol–water partition coefficient (Wildman–Crippen LogP) is 0.899. The molecular weight excluding hydrogens is 290 g/mol. The number of oxime groups is 1. The molecule has 0 bridgehead atoms. The Morgan fingerprint density at radius 2 is 2.33 bits per heavy atom. The van der Waals surface area contributed by atoms with E-state index < -0.39 is 0 Å². The van der Waals surface area contributed by atoms with E-state index in [-0.39, 0.29) is 5.91 Å². The molecule has 2 atom stereocenters. The Balaban J connectivity index is 1.42. The highest BCUT2D eigenvalue weighted by Gasteiger charge is 2.39. The van der Waals surface area contributed by atoms with Crippen molar-refractivity contribution in [1.29, 1.82) is 0 Å². The second kappa shape index (κ2) is 6.81. The van der Waals surface area contributed by atoms with E-state index in [2.05, 4.69) is 17.0 Å².